The standard InChI is InChI=1S/C12H10Cl2FN3O/c13-11-7-5-10(18-1-3-19-4-2-18)8(15)6-9(7)16-12(14)17-11/h5-6H,1-4H2. The number of morpholine rings is 1. The fourth-order valence-electron chi connectivity index (χ4n) is 2.12. The Labute approximate surface area is 119 Å². The second kappa shape index (κ2) is 5.07. The predicted molar refractivity (Wildman–Crippen MR) is 72.5 cm³/mol. The van der Waals surface area contributed by atoms with Gasteiger partial charge >= 0.3 is 0 Å². The van der Waals surface area contributed by atoms with E-state index in [1.165, 1.54) is 6.07 Å². The van der Waals surface area contributed by atoms with Crippen LogP contribution in [-0.4, -0.2) is 36.3 Å². The molecule has 0 bridgehead atoms. The molecule has 0 saturated carbocycles. The van der Waals surface area contributed by atoms with Gasteiger partial charge in [-0.25, -0.2) is 14.4 Å². The van der Waals surface area contributed by atoms with Crippen LogP contribution in [0.3, 0.4) is 0 Å². The molecule has 0 atom stereocenters. The van der Waals surface area contributed by atoms with Gasteiger partial charge in [0.25, 0.3) is 0 Å². The molecule has 1 fully saturated rings. The smallest absolute Gasteiger partial charge is 0.224 e. The third-order valence-electron chi connectivity index (χ3n) is 3.04. The summed E-state index contributed by atoms with van der Waals surface area (Å²) in [6, 6.07) is 2.99. The van der Waals surface area contributed by atoms with Crippen LogP contribution < -0.4 is 4.90 Å². The van der Waals surface area contributed by atoms with E-state index in [4.69, 9.17) is 27.9 Å². The molecule has 7 heteroatoms. The van der Waals surface area contributed by atoms with Gasteiger partial charge in [0.15, 0.2) is 0 Å². The van der Waals surface area contributed by atoms with E-state index in [0.29, 0.717) is 42.9 Å². The summed E-state index contributed by atoms with van der Waals surface area (Å²) in [5.41, 5.74) is 0.892. The molecule has 1 saturated heterocycles. The molecule has 0 aliphatic carbocycles. The Balaban J connectivity index is 2.12. The van der Waals surface area contributed by atoms with Crippen molar-refractivity contribution in [2.45, 2.75) is 0 Å². The summed E-state index contributed by atoms with van der Waals surface area (Å²) >= 11 is 11.7. The zero-order valence-electron chi connectivity index (χ0n) is 9.87. The maximum absolute atomic E-state index is 14.1. The molecule has 2 heterocycles. The van der Waals surface area contributed by atoms with Crippen LogP contribution in [0.15, 0.2) is 12.1 Å². The second-order valence-electron chi connectivity index (χ2n) is 4.20. The van der Waals surface area contributed by atoms with E-state index in [1.54, 1.807) is 6.07 Å². The van der Waals surface area contributed by atoms with Crippen LogP contribution >= 0.6 is 23.2 Å². The first kappa shape index (κ1) is 12.8. The first-order valence-electron chi connectivity index (χ1n) is 5.80. The molecule has 0 radical (unpaired) electrons. The van der Waals surface area contributed by atoms with Gasteiger partial charge in [0.1, 0.15) is 11.0 Å². The van der Waals surface area contributed by atoms with Crippen LogP contribution in [0.25, 0.3) is 10.9 Å². The summed E-state index contributed by atoms with van der Waals surface area (Å²) in [7, 11) is 0. The molecular formula is C12H10Cl2FN3O. The Kier molecular flexibility index (Phi) is 3.43. The third-order valence-corrected chi connectivity index (χ3v) is 3.50. The predicted octanol–water partition coefficient (Wildman–Crippen LogP) is 2.91. The van der Waals surface area contributed by atoms with Gasteiger partial charge in [-0.1, -0.05) is 11.6 Å². The van der Waals surface area contributed by atoms with Crippen LogP contribution in [0.4, 0.5) is 10.1 Å². The summed E-state index contributed by atoms with van der Waals surface area (Å²) in [5.74, 6) is -0.347. The summed E-state index contributed by atoms with van der Waals surface area (Å²) in [4.78, 5) is 9.76. The zero-order chi connectivity index (χ0) is 13.4. The molecule has 3 rings (SSSR count). The average Bonchev–Trinajstić information content (AvgIpc) is 2.38. The highest BCUT2D eigenvalue weighted by molar-refractivity contribution is 6.35. The van der Waals surface area contributed by atoms with Crippen molar-refractivity contribution in [3.05, 3.63) is 28.4 Å². The van der Waals surface area contributed by atoms with Crippen molar-refractivity contribution in [3.8, 4) is 0 Å². The Morgan fingerprint density at radius 3 is 2.63 bits per heavy atom. The minimum atomic E-state index is -0.347. The highest BCUT2D eigenvalue weighted by Crippen LogP contribution is 2.29. The number of anilines is 1. The first-order valence-corrected chi connectivity index (χ1v) is 6.56. The Bertz CT molecular complexity index is 632. The lowest BCUT2D eigenvalue weighted by atomic mass is 10.2. The molecular weight excluding hydrogens is 292 g/mol. The highest BCUT2D eigenvalue weighted by Gasteiger charge is 2.17. The number of rotatable bonds is 1. The van der Waals surface area contributed by atoms with Crippen LogP contribution in [0, 0.1) is 5.82 Å². The normalized spacial score (nSPS) is 16.1. The van der Waals surface area contributed by atoms with Crippen molar-refractivity contribution in [3.63, 3.8) is 0 Å². The summed E-state index contributed by atoms with van der Waals surface area (Å²) in [6.07, 6.45) is 0. The van der Waals surface area contributed by atoms with Crippen molar-refractivity contribution in [1.29, 1.82) is 0 Å². The molecule has 1 aliphatic heterocycles. The number of hydrogen-bond acceptors (Lipinski definition) is 4. The van der Waals surface area contributed by atoms with Crippen LogP contribution in [0.2, 0.25) is 10.4 Å². The van der Waals surface area contributed by atoms with Gasteiger partial charge in [-0.3, -0.25) is 0 Å². The topological polar surface area (TPSA) is 38.2 Å². The molecule has 1 aromatic heterocycles. The lowest BCUT2D eigenvalue weighted by molar-refractivity contribution is 0.122. The number of ether oxygens (including phenoxy) is 1. The highest BCUT2D eigenvalue weighted by atomic mass is 35.5. The lowest BCUT2D eigenvalue weighted by Crippen LogP contribution is -2.36. The summed E-state index contributed by atoms with van der Waals surface area (Å²) in [5, 5.41) is 0.828. The molecule has 1 aliphatic rings. The number of halogens is 3. The minimum absolute atomic E-state index is 0.0102. The van der Waals surface area contributed by atoms with Gasteiger partial charge in [-0.2, -0.15) is 0 Å². The summed E-state index contributed by atoms with van der Waals surface area (Å²) in [6.45, 7) is 2.47. The zero-order valence-corrected chi connectivity index (χ0v) is 11.4. The van der Waals surface area contributed by atoms with Crippen LogP contribution in [0.1, 0.15) is 0 Å². The number of hydrogen-bond donors (Lipinski definition) is 0. The van der Waals surface area contributed by atoms with Crippen molar-refractivity contribution >= 4 is 39.8 Å². The first-order chi connectivity index (χ1) is 9.15. The van der Waals surface area contributed by atoms with Gasteiger partial charge < -0.3 is 9.64 Å². The van der Waals surface area contributed by atoms with Crippen LogP contribution in [0.5, 0.6) is 0 Å². The van der Waals surface area contributed by atoms with Crippen LogP contribution in [-0.2, 0) is 4.74 Å². The quantitative estimate of drug-likeness (QED) is 0.600. The largest absolute Gasteiger partial charge is 0.378 e. The molecule has 2 aromatic rings. The Morgan fingerprint density at radius 2 is 1.89 bits per heavy atom. The van der Waals surface area contributed by atoms with Crippen molar-refractivity contribution in [1.82, 2.24) is 9.97 Å². The second-order valence-corrected chi connectivity index (χ2v) is 4.90. The molecule has 0 amide bonds. The molecule has 100 valence electrons. The fraction of sp³-hybridized carbons (Fsp3) is 0.333. The fourth-order valence-corrected chi connectivity index (χ4v) is 2.57. The lowest BCUT2D eigenvalue weighted by Gasteiger charge is -2.29. The monoisotopic (exact) mass is 301 g/mol. The van der Waals surface area contributed by atoms with Gasteiger partial charge in [-0.15, -0.1) is 0 Å². The van der Waals surface area contributed by atoms with E-state index in [2.05, 4.69) is 9.97 Å². The Morgan fingerprint density at radius 1 is 1.16 bits per heavy atom. The Hall–Kier alpha value is -1.17. The van der Waals surface area contributed by atoms with E-state index in [1.807, 2.05) is 4.90 Å². The molecule has 0 unspecified atom stereocenters. The number of aromatic nitrogens is 2. The maximum Gasteiger partial charge on any atom is 0.224 e. The molecule has 19 heavy (non-hydrogen) atoms. The molecule has 1 aromatic carbocycles. The number of nitrogens with zero attached hydrogens (tertiary/aromatic N) is 3. The molecule has 0 N–H and O–H groups in total. The maximum atomic E-state index is 14.1. The minimum Gasteiger partial charge on any atom is -0.378 e. The third kappa shape index (κ3) is 2.45. The van der Waals surface area contributed by atoms with Crippen molar-refractivity contribution in [2.24, 2.45) is 0 Å². The average molecular weight is 302 g/mol. The van der Waals surface area contributed by atoms with Crippen molar-refractivity contribution < 1.29 is 9.13 Å². The van der Waals surface area contributed by atoms with Gasteiger partial charge in [0.05, 0.1) is 24.4 Å². The van der Waals surface area contributed by atoms with Gasteiger partial charge in [-0.05, 0) is 17.7 Å². The SMILES string of the molecule is Fc1cc2nc(Cl)nc(Cl)c2cc1N1CCOCC1. The van der Waals surface area contributed by atoms with Gasteiger partial charge in [0.2, 0.25) is 5.28 Å². The number of benzene rings is 1. The van der Waals surface area contributed by atoms with E-state index < -0.39 is 0 Å². The van der Waals surface area contributed by atoms with E-state index >= 15 is 0 Å². The molecule has 0 spiro atoms. The van der Waals surface area contributed by atoms with Crippen molar-refractivity contribution in [2.75, 3.05) is 31.2 Å². The van der Waals surface area contributed by atoms with E-state index in [-0.39, 0.29) is 16.3 Å². The van der Waals surface area contributed by atoms with E-state index in [0.717, 1.165) is 0 Å². The molecule has 4 nitrogen and oxygen atoms in total. The number of fused-ring (bicyclic) bond motifs is 1. The van der Waals surface area contributed by atoms with Gasteiger partial charge in [0, 0.05) is 24.5 Å². The summed E-state index contributed by atoms with van der Waals surface area (Å²) < 4.78 is 19.4. The van der Waals surface area contributed by atoms with E-state index in [9.17, 15) is 4.39 Å².